The summed E-state index contributed by atoms with van der Waals surface area (Å²) in [4.78, 5) is 4.36. The van der Waals surface area contributed by atoms with Gasteiger partial charge in [-0.1, -0.05) is 5.57 Å². The molecule has 1 rings (SSSR count). The van der Waals surface area contributed by atoms with Crippen molar-refractivity contribution in [2.75, 3.05) is 20.3 Å². The standard InChI is InChI=1S/C13H23N3O/c1-11(2)5-7-16-12(3)15-10-13(16)9-14-6-8-17-4/h10,14H,1,5-9H2,2-4H3. The van der Waals surface area contributed by atoms with Gasteiger partial charge in [-0.2, -0.15) is 0 Å². The van der Waals surface area contributed by atoms with Gasteiger partial charge in [0, 0.05) is 32.9 Å². The van der Waals surface area contributed by atoms with Gasteiger partial charge >= 0.3 is 0 Å². The summed E-state index contributed by atoms with van der Waals surface area (Å²) in [7, 11) is 1.71. The molecule has 0 spiro atoms. The fourth-order valence-electron chi connectivity index (χ4n) is 1.65. The summed E-state index contributed by atoms with van der Waals surface area (Å²) in [5.74, 6) is 1.06. The molecule has 0 aromatic carbocycles. The highest BCUT2D eigenvalue weighted by Gasteiger charge is 2.05. The zero-order valence-electron chi connectivity index (χ0n) is 11.1. The third kappa shape index (κ3) is 4.71. The summed E-state index contributed by atoms with van der Waals surface area (Å²) in [6.45, 7) is 11.4. The molecular formula is C13H23N3O. The van der Waals surface area contributed by atoms with E-state index in [1.165, 1.54) is 11.3 Å². The summed E-state index contributed by atoms with van der Waals surface area (Å²) < 4.78 is 7.24. The lowest BCUT2D eigenvalue weighted by atomic mass is 10.2. The van der Waals surface area contributed by atoms with Gasteiger partial charge in [-0.25, -0.2) is 4.98 Å². The lowest BCUT2D eigenvalue weighted by molar-refractivity contribution is 0.199. The Kier molecular flexibility index (Phi) is 5.94. The van der Waals surface area contributed by atoms with Gasteiger partial charge in [-0.3, -0.25) is 0 Å². The van der Waals surface area contributed by atoms with Crippen molar-refractivity contribution < 1.29 is 4.74 Å². The minimum Gasteiger partial charge on any atom is -0.383 e. The molecule has 0 atom stereocenters. The molecule has 96 valence electrons. The first-order valence-electron chi connectivity index (χ1n) is 6.00. The van der Waals surface area contributed by atoms with Crippen LogP contribution in [0, 0.1) is 6.92 Å². The molecule has 0 fully saturated rings. The molecule has 0 saturated heterocycles. The zero-order valence-corrected chi connectivity index (χ0v) is 11.1. The van der Waals surface area contributed by atoms with Gasteiger partial charge in [0.05, 0.1) is 12.3 Å². The maximum atomic E-state index is 5.00. The van der Waals surface area contributed by atoms with E-state index in [0.29, 0.717) is 0 Å². The van der Waals surface area contributed by atoms with Crippen LogP contribution in [0.25, 0.3) is 0 Å². The van der Waals surface area contributed by atoms with Crippen LogP contribution in [0.5, 0.6) is 0 Å². The van der Waals surface area contributed by atoms with Gasteiger partial charge in [0.2, 0.25) is 0 Å². The predicted molar refractivity (Wildman–Crippen MR) is 70.0 cm³/mol. The highest BCUT2D eigenvalue weighted by molar-refractivity contribution is 5.05. The summed E-state index contributed by atoms with van der Waals surface area (Å²) >= 11 is 0. The van der Waals surface area contributed by atoms with Crippen molar-refractivity contribution in [1.82, 2.24) is 14.9 Å². The monoisotopic (exact) mass is 237 g/mol. The summed E-state index contributed by atoms with van der Waals surface area (Å²) in [5.41, 5.74) is 2.43. The SMILES string of the molecule is C=C(C)CCn1c(CNCCOC)cnc1C. The van der Waals surface area contributed by atoms with Crippen LogP contribution in [0.2, 0.25) is 0 Å². The second-order valence-electron chi connectivity index (χ2n) is 4.33. The Morgan fingerprint density at radius 2 is 2.35 bits per heavy atom. The van der Waals surface area contributed by atoms with Crippen molar-refractivity contribution in [3.8, 4) is 0 Å². The topological polar surface area (TPSA) is 39.1 Å². The van der Waals surface area contributed by atoms with Crippen LogP contribution < -0.4 is 5.32 Å². The van der Waals surface area contributed by atoms with Gasteiger partial charge in [-0.15, -0.1) is 6.58 Å². The quantitative estimate of drug-likeness (QED) is 0.554. The van der Waals surface area contributed by atoms with Crippen molar-refractivity contribution in [3.63, 3.8) is 0 Å². The Morgan fingerprint density at radius 1 is 1.59 bits per heavy atom. The number of aromatic nitrogens is 2. The van der Waals surface area contributed by atoms with E-state index in [-0.39, 0.29) is 0 Å². The first-order valence-corrected chi connectivity index (χ1v) is 6.00. The smallest absolute Gasteiger partial charge is 0.105 e. The zero-order chi connectivity index (χ0) is 12.7. The summed E-state index contributed by atoms with van der Waals surface area (Å²) in [6.07, 6.45) is 2.94. The van der Waals surface area contributed by atoms with E-state index >= 15 is 0 Å². The Bertz CT molecular complexity index is 358. The highest BCUT2D eigenvalue weighted by Crippen LogP contribution is 2.08. The number of nitrogens with zero attached hydrogens (tertiary/aromatic N) is 2. The molecule has 0 unspecified atom stereocenters. The fraction of sp³-hybridized carbons (Fsp3) is 0.615. The molecule has 1 heterocycles. The Hall–Kier alpha value is -1.13. The number of hydrogen-bond donors (Lipinski definition) is 1. The van der Waals surface area contributed by atoms with Gasteiger partial charge in [0.25, 0.3) is 0 Å². The number of ether oxygens (including phenoxy) is 1. The number of rotatable bonds is 8. The fourth-order valence-corrected chi connectivity index (χ4v) is 1.65. The van der Waals surface area contributed by atoms with Crippen LogP contribution in [-0.4, -0.2) is 29.8 Å². The van der Waals surface area contributed by atoms with E-state index in [1.54, 1.807) is 7.11 Å². The van der Waals surface area contributed by atoms with Crippen molar-refractivity contribution >= 4 is 0 Å². The lowest BCUT2D eigenvalue weighted by Gasteiger charge is -2.11. The lowest BCUT2D eigenvalue weighted by Crippen LogP contribution is -2.20. The molecule has 0 amide bonds. The molecule has 4 nitrogen and oxygen atoms in total. The van der Waals surface area contributed by atoms with Crippen molar-refractivity contribution in [2.24, 2.45) is 0 Å². The minimum absolute atomic E-state index is 0.735. The Morgan fingerprint density at radius 3 is 3.00 bits per heavy atom. The normalized spacial score (nSPS) is 10.8. The maximum Gasteiger partial charge on any atom is 0.105 e. The van der Waals surface area contributed by atoms with Crippen LogP contribution in [0.3, 0.4) is 0 Å². The van der Waals surface area contributed by atoms with Crippen molar-refractivity contribution in [2.45, 2.75) is 33.4 Å². The van der Waals surface area contributed by atoms with Gasteiger partial charge < -0.3 is 14.6 Å². The van der Waals surface area contributed by atoms with Crippen LogP contribution in [0.15, 0.2) is 18.3 Å². The number of allylic oxidation sites excluding steroid dienone is 1. The molecule has 0 saturated carbocycles. The molecular weight excluding hydrogens is 214 g/mol. The van der Waals surface area contributed by atoms with Gasteiger partial charge in [-0.05, 0) is 20.3 Å². The van der Waals surface area contributed by atoms with E-state index in [0.717, 1.165) is 38.5 Å². The largest absolute Gasteiger partial charge is 0.383 e. The number of methoxy groups -OCH3 is 1. The van der Waals surface area contributed by atoms with E-state index < -0.39 is 0 Å². The summed E-state index contributed by atoms with van der Waals surface area (Å²) in [5, 5.41) is 3.34. The second-order valence-corrected chi connectivity index (χ2v) is 4.33. The molecule has 1 aromatic rings. The first kappa shape index (κ1) is 13.9. The van der Waals surface area contributed by atoms with Crippen molar-refractivity contribution in [1.29, 1.82) is 0 Å². The Balaban J connectivity index is 2.50. The highest BCUT2D eigenvalue weighted by atomic mass is 16.5. The molecule has 1 N–H and O–H groups in total. The average Bonchev–Trinajstić information content (AvgIpc) is 2.63. The Labute approximate surface area is 104 Å². The summed E-state index contributed by atoms with van der Waals surface area (Å²) in [6, 6.07) is 0. The average molecular weight is 237 g/mol. The van der Waals surface area contributed by atoms with Crippen LogP contribution in [0.1, 0.15) is 24.9 Å². The number of aryl methyl sites for hydroxylation is 1. The van der Waals surface area contributed by atoms with Gasteiger partial charge in [0.1, 0.15) is 5.82 Å². The van der Waals surface area contributed by atoms with Gasteiger partial charge in [0.15, 0.2) is 0 Å². The molecule has 0 bridgehead atoms. The molecule has 1 aromatic heterocycles. The molecule has 0 aliphatic heterocycles. The second kappa shape index (κ2) is 7.25. The molecule has 0 radical (unpaired) electrons. The molecule has 4 heteroatoms. The molecule has 0 aliphatic rings. The predicted octanol–water partition coefficient (Wildman–Crippen LogP) is 1.89. The minimum atomic E-state index is 0.735. The number of imidazole rings is 1. The number of hydrogen-bond acceptors (Lipinski definition) is 3. The number of nitrogens with one attached hydrogen (secondary N) is 1. The maximum absolute atomic E-state index is 5.00. The third-order valence-corrected chi connectivity index (χ3v) is 2.69. The van der Waals surface area contributed by atoms with E-state index in [4.69, 9.17) is 4.74 Å². The van der Waals surface area contributed by atoms with Crippen LogP contribution >= 0.6 is 0 Å². The van der Waals surface area contributed by atoms with Crippen LogP contribution in [0.4, 0.5) is 0 Å². The third-order valence-electron chi connectivity index (χ3n) is 2.69. The van der Waals surface area contributed by atoms with Crippen LogP contribution in [-0.2, 0) is 17.8 Å². The van der Waals surface area contributed by atoms with E-state index in [2.05, 4.69) is 28.4 Å². The van der Waals surface area contributed by atoms with E-state index in [9.17, 15) is 0 Å². The molecule has 17 heavy (non-hydrogen) atoms. The molecule has 0 aliphatic carbocycles. The first-order chi connectivity index (χ1) is 8.15. The van der Waals surface area contributed by atoms with E-state index in [1.807, 2.05) is 13.1 Å². The van der Waals surface area contributed by atoms with Crippen molar-refractivity contribution in [3.05, 3.63) is 29.9 Å².